The van der Waals surface area contributed by atoms with Crippen LogP contribution in [0.4, 0.5) is 0 Å². The molecule has 0 amide bonds. The van der Waals surface area contributed by atoms with E-state index in [-0.39, 0.29) is 30.1 Å². The molecule has 0 radical (unpaired) electrons. The van der Waals surface area contributed by atoms with Crippen molar-refractivity contribution in [2.24, 2.45) is 17.8 Å². The molecule has 0 aromatic heterocycles. The lowest BCUT2D eigenvalue weighted by Crippen LogP contribution is -2.26. The summed E-state index contributed by atoms with van der Waals surface area (Å²) in [5.74, 6) is 0.436. The summed E-state index contributed by atoms with van der Waals surface area (Å²) in [4.78, 5) is 12.1. The standard InChI is InChI=1S/C20H32O3/c1-2-3-4-5-6-11-16-17(20(23)14-19(16)22)12-8-13-18(21)15-9-7-10-15/h5-6,8,12,15-18,20-21,23H,2-4,7,9-11,13-14H2,1H3/b6-5-,12-8+/t16-,17-,18?,20-/m1/s1. The average molecular weight is 320 g/mol. The molecule has 2 N–H and O–H groups in total. The van der Waals surface area contributed by atoms with E-state index >= 15 is 0 Å². The molecule has 3 heteroatoms. The molecule has 2 fully saturated rings. The second-order valence-electron chi connectivity index (χ2n) is 7.19. The van der Waals surface area contributed by atoms with Gasteiger partial charge in [-0.1, -0.05) is 50.5 Å². The highest BCUT2D eigenvalue weighted by Crippen LogP contribution is 2.34. The summed E-state index contributed by atoms with van der Waals surface area (Å²) in [6.07, 6.45) is 15.9. The topological polar surface area (TPSA) is 57.5 Å². The molecule has 0 saturated heterocycles. The zero-order valence-corrected chi connectivity index (χ0v) is 14.4. The highest BCUT2D eigenvalue weighted by molar-refractivity contribution is 5.84. The van der Waals surface area contributed by atoms with Crippen molar-refractivity contribution < 1.29 is 15.0 Å². The van der Waals surface area contributed by atoms with Crippen LogP contribution in [-0.4, -0.2) is 28.2 Å². The van der Waals surface area contributed by atoms with E-state index < -0.39 is 6.10 Å². The predicted octanol–water partition coefficient (Wildman–Crippen LogP) is 3.80. The maximum absolute atomic E-state index is 12.1. The number of unbranched alkanes of at least 4 members (excludes halogenated alkanes) is 2. The van der Waals surface area contributed by atoms with Crippen LogP contribution in [0.25, 0.3) is 0 Å². The molecule has 0 bridgehead atoms. The van der Waals surface area contributed by atoms with Gasteiger partial charge in [-0.3, -0.25) is 4.79 Å². The first-order valence-corrected chi connectivity index (χ1v) is 9.34. The summed E-state index contributed by atoms with van der Waals surface area (Å²) >= 11 is 0. The molecule has 130 valence electrons. The normalized spacial score (nSPS) is 30.4. The number of aliphatic hydroxyl groups excluding tert-OH is 2. The second-order valence-corrected chi connectivity index (χ2v) is 7.19. The van der Waals surface area contributed by atoms with Gasteiger partial charge in [0.1, 0.15) is 5.78 Å². The second kappa shape index (κ2) is 9.39. The minimum absolute atomic E-state index is 0.0908. The molecule has 2 aliphatic rings. The number of rotatable bonds is 9. The third kappa shape index (κ3) is 5.29. The van der Waals surface area contributed by atoms with Gasteiger partial charge < -0.3 is 10.2 Å². The van der Waals surface area contributed by atoms with E-state index in [1.54, 1.807) is 0 Å². The number of ketones is 1. The summed E-state index contributed by atoms with van der Waals surface area (Å²) in [6.45, 7) is 2.17. The van der Waals surface area contributed by atoms with Crippen molar-refractivity contribution in [1.82, 2.24) is 0 Å². The summed E-state index contributed by atoms with van der Waals surface area (Å²) < 4.78 is 0. The van der Waals surface area contributed by atoms with E-state index in [0.717, 1.165) is 25.7 Å². The number of allylic oxidation sites excluding steroid dienone is 2. The average Bonchev–Trinajstić information content (AvgIpc) is 2.71. The molecule has 3 nitrogen and oxygen atoms in total. The van der Waals surface area contributed by atoms with Gasteiger partial charge in [0, 0.05) is 18.3 Å². The molecular weight excluding hydrogens is 288 g/mol. The summed E-state index contributed by atoms with van der Waals surface area (Å²) in [7, 11) is 0. The van der Waals surface area contributed by atoms with Crippen molar-refractivity contribution in [3.8, 4) is 0 Å². The number of hydrogen-bond acceptors (Lipinski definition) is 3. The SMILES string of the molecule is CCCC/C=C\C[C@H]1C(=O)C[C@@H](O)[C@@H]1/C=C/CC(O)C1CCC1. The van der Waals surface area contributed by atoms with E-state index in [9.17, 15) is 15.0 Å². The molecule has 0 heterocycles. The van der Waals surface area contributed by atoms with Gasteiger partial charge in [0.2, 0.25) is 0 Å². The third-order valence-electron chi connectivity index (χ3n) is 5.44. The molecule has 0 aromatic carbocycles. The number of aliphatic hydroxyl groups is 2. The van der Waals surface area contributed by atoms with Crippen LogP contribution in [-0.2, 0) is 4.79 Å². The first kappa shape index (κ1) is 18.4. The van der Waals surface area contributed by atoms with E-state index in [1.807, 2.05) is 12.2 Å². The molecule has 2 saturated carbocycles. The van der Waals surface area contributed by atoms with Crippen molar-refractivity contribution in [1.29, 1.82) is 0 Å². The Bertz CT molecular complexity index is 423. The van der Waals surface area contributed by atoms with Crippen LogP contribution in [0, 0.1) is 17.8 Å². The van der Waals surface area contributed by atoms with Gasteiger partial charge in [0.25, 0.3) is 0 Å². The summed E-state index contributed by atoms with van der Waals surface area (Å²) in [5.41, 5.74) is 0. The maximum atomic E-state index is 12.1. The highest BCUT2D eigenvalue weighted by atomic mass is 16.3. The van der Waals surface area contributed by atoms with E-state index in [1.165, 1.54) is 19.3 Å². The fourth-order valence-electron chi connectivity index (χ4n) is 3.60. The molecular formula is C20H32O3. The molecule has 0 aromatic rings. The Kier molecular flexibility index (Phi) is 7.51. The maximum Gasteiger partial charge on any atom is 0.139 e. The quantitative estimate of drug-likeness (QED) is 0.502. The fourth-order valence-corrected chi connectivity index (χ4v) is 3.60. The van der Waals surface area contributed by atoms with Gasteiger partial charge in [-0.15, -0.1) is 0 Å². The van der Waals surface area contributed by atoms with Gasteiger partial charge >= 0.3 is 0 Å². The fraction of sp³-hybridized carbons (Fsp3) is 0.750. The molecule has 2 aliphatic carbocycles. The molecule has 1 unspecified atom stereocenters. The molecule has 4 atom stereocenters. The Morgan fingerprint density at radius 1 is 1.26 bits per heavy atom. The van der Waals surface area contributed by atoms with Crippen LogP contribution in [0.1, 0.15) is 64.7 Å². The highest BCUT2D eigenvalue weighted by Gasteiger charge is 2.39. The number of Topliss-reactive ketones (excluding diaryl/α,β-unsaturated/α-hetero) is 1. The zero-order valence-electron chi connectivity index (χ0n) is 14.4. The lowest BCUT2D eigenvalue weighted by molar-refractivity contribution is -0.121. The minimum Gasteiger partial charge on any atom is -0.393 e. The van der Waals surface area contributed by atoms with Gasteiger partial charge in [-0.05, 0) is 38.0 Å². The number of hydrogen-bond donors (Lipinski definition) is 2. The van der Waals surface area contributed by atoms with Crippen molar-refractivity contribution >= 4 is 5.78 Å². The van der Waals surface area contributed by atoms with Gasteiger partial charge in [-0.25, -0.2) is 0 Å². The Balaban J connectivity index is 1.83. The van der Waals surface area contributed by atoms with Gasteiger partial charge in [0.05, 0.1) is 12.2 Å². The lowest BCUT2D eigenvalue weighted by atomic mass is 9.80. The monoisotopic (exact) mass is 320 g/mol. The van der Waals surface area contributed by atoms with Crippen molar-refractivity contribution in [3.63, 3.8) is 0 Å². The van der Waals surface area contributed by atoms with Crippen molar-refractivity contribution in [2.45, 2.75) is 76.9 Å². The van der Waals surface area contributed by atoms with Gasteiger partial charge in [0.15, 0.2) is 0 Å². The summed E-state index contributed by atoms with van der Waals surface area (Å²) in [5, 5.41) is 20.2. The summed E-state index contributed by atoms with van der Waals surface area (Å²) in [6, 6.07) is 0. The Hall–Kier alpha value is -0.930. The van der Waals surface area contributed by atoms with Crippen LogP contribution < -0.4 is 0 Å². The van der Waals surface area contributed by atoms with Crippen LogP contribution in [0.15, 0.2) is 24.3 Å². The minimum atomic E-state index is -0.561. The lowest BCUT2D eigenvalue weighted by Gasteiger charge is -2.29. The Morgan fingerprint density at radius 2 is 2.04 bits per heavy atom. The number of carbonyl (C=O) groups is 1. The first-order valence-electron chi connectivity index (χ1n) is 9.34. The van der Waals surface area contributed by atoms with E-state index in [2.05, 4.69) is 19.1 Å². The molecule has 0 aliphatic heterocycles. The van der Waals surface area contributed by atoms with Gasteiger partial charge in [-0.2, -0.15) is 0 Å². The Labute approximate surface area is 140 Å². The first-order chi connectivity index (χ1) is 11.1. The third-order valence-corrected chi connectivity index (χ3v) is 5.44. The van der Waals surface area contributed by atoms with E-state index in [4.69, 9.17) is 0 Å². The van der Waals surface area contributed by atoms with Crippen LogP contribution >= 0.6 is 0 Å². The van der Waals surface area contributed by atoms with Crippen molar-refractivity contribution in [2.75, 3.05) is 0 Å². The predicted molar refractivity (Wildman–Crippen MR) is 93.0 cm³/mol. The van der Waals surface area contributed by atoms with Crippen molar-refractivity contribution in [3.05, 3.63) is 24.3 Å². The van der Waals surface area contributed by atoms with Crippen LogP contribution in [0.5, 0.6) is 0 Å². The van der Waals surface area contributed by atoms with Crippen LogP contribution in [0.3, 0.4) is 0 Å². The molecule has 2 rings (SSSR count). The van der Waals surface area contributed by atoms with E-state index in [0.29, 0.717) is 12.3 Å². The smallest absolute Gasteiger partial charge is 0.139 e. The Morgan fingerprint density at radius 3 is 2.70 bits per heavy atom. The molecule has 23 heavy (non-hydrogen) atoms. The van der Waals surface area contributed by atoms with Crippen LogP contribution in [0.2, 0.25) is 0 Å². The number of carbonyl (C=O) groups excluding carboxylic acids is 1. The zero-order chi connectivity index (χ0) is 16.7. The largest absolute Gasteiger partial charge is 0.393 e. The molecule has 0 spiro atoms.